The van der Waals surface area contributed by atoms with Crippen molar-refractivity contribution in [3.63, 3.8) is 0 Å². The molecule has 5 aliphatic heterocycles. The molecular formula is C19H28N4O3. The first-order chi connectivity index (χ1) is 12.4. The fourth-order valence-corrected chi connectivity index (χ4v) is 6.13. The minimum absolute atomic E-state index is 0.102. The summed E-state index contributed by atoms with van der Waals surface area (Å²) in [5.41, 5.74) is -0.0251. The molecule has 3 amide bonds. The summed E-state index contributed by atoms with van der Waals surface area (Å²) >= 11 is 0. The number of amides is 3. The van der Waals surface area contributed by atoms with E-state index in [0.717, 1.165) is 51.9 Å². The molecule has 0 aromatic carbocycles. The maximum atomic E-state index is 13.5. The highest BCUT2D eigenvalue weighted by atomic mass is 16.2. The van der Waals surface area contributed by atoms with Gasteiger partial charge in [0.15, 0.2) is 0 Å². The van der Waals surface area contributed by atoms with E-state index in [4.69, 9.17) is 0 Å². The molecule has 1 unspecified atom stereocenters. The lowest BCUT2D eigenvalue weighted by Gasteiger charge is -2.67. The van der Waals surface area contributed by atoms with E-state index in [0.29, 0.717) is 11.5 Å². The SMILES string of the molecule is CCCC12CN3CC(CCC)(CN(C1)C3C1C(=O)NC(=O)N=C1C)C2=O. The number of carbonyl (C=O) groups excluding carboxylic acids is 3. The van der Waals surface area contributed by atoms with Crippen molar-refractivity contribution in [1.29, 1.82) is 0 Å². The topological polar surface area (TPSA) is 82.1 Å². The molecule has 5 aliphatic rings. The number of hydrogen-bond acceptors (Lipinski definition) is 5. The zero-order valence-corrected chi connectivity index (χ0v) is 15.9. The molecule has 142 valence electrons. The molecule has 7 heteroatoms. The van der Waals surface area contributed by atoms with Gasteiger partial charge in [-0.05, 0) is 19.8 Å². The van der Waals surface area contributed by atoms with Crippen LogP contribution in [0.1, 0.15) is 46.5 Å². The van der Waals surface area contributed by atoms with Crippen molar-refractivity contribution < 1.29 is 14.4 Å². The van der Waals surface area contributed by atoms with Crippen molar-refractivity contribution in [3.05, 3.63) is 0 Å². The van der Waals surface area contributed by atoms with Crippen molar-refractivity contribution in [2.75, 3.05) is 26.2 Å². The number of hydrogen-bond donors (Lipinski definition) is 1. The summed E-state index contributed by atoms with van der Waals surface area (Å²) < 4.78 is 0. The average molecular weight is 360 g/mol. The third-order valence-electron chi connectivity index (χ3n) is 6.73. The number of piperidine rings is 2. The number of aliphatic imine (C=N–C) groups is 1. The van der Waals surface area contributed by atoms with Crippen LogP contribution >= 0.6 is 0 Å². The third-order valence-corrected chi connectivity index (χ3v) is 6.73. The van der Waals surface area contributed by atoms with Gasteiger partial charge >= 0.3 is 6.03 Å². The molecule has 0 radical (unpaired) electrons. The fourth-order valence-electron chi connectivity index (χ4n) is 6.13. The molecule has 4 fully saturated rings. The molecule has 0 aliphatic carbocycles. The van der Waals surface area contributed by atoms with Gasteiger partial charge in [0, 0.05) is 31.9 Å². The lowest BCUT2D eigenvalue weighted by molar-refractivity contribution is -0.208. The van der Waals surface area contributed by atoms with Gasteiger partial charge in [-0.3, -0.25) is 24.7 Å². The van der Waals surface area contributed by atoms with Gasteiger partial charge < -0.3 is 0 Å². The number of urea groups is 1. The Labute approximate surface area is 154 Å². The number of rotatable bonds is 5. The second-order valence-corrected chi connectivity index (χ2v) is 8.64. The number of Topliss-reactive ketones (excluding diaryl/α,β-unsaturated/α-hetero) is 1. The van der Waals surface area contributed by atoms with Crippen LogP contribution in [0, 0.1) is 16.7 Å². The van der Waals surface area contributed by atoms with E-state index in [9.17, 15) is 14.4 Å². The monoisotopic (exact) mass is 360 g/mol. The summed E-state index contributed by atoms with van der Waals surface area (Å²) in [7, 11) is 0. The van der Waals surface area contributed by atoms with E-state index in [1.165, 1.54) is 0 Å². The molecule has 5 heterocycles. The van der Waals surface area contributed by atoms with Crippen molar-refractivity contribution in [2.45, 2.75) is 52.6 Å². The maximum absolute atomic E-state index is 13.5. The Morgan fingerprint density at radius 1 is 1.00 bits per heavy atom. The predicted molar refractivity (Wildman–Crippen MR) is 96.8 cm³/mol. The summed E-state index contributed by atoms with van der Waals surface area (Å²) in [6.45, 7) is 8.92. The van der Waals surface area contributed by atoms with Crippen LogP contribution in [0.2, 0.25) is 0 Å². The van der Waals surface area contributed by atoms with Crippen LogP contribution in [0.3, 0.4) is 0 Å². The van der Waals surface area contributed by atoms with Gasteiger partial charge in [0.25, 0.3) is 0 Å². The number of nitrogens with one attached hydrogen (secondary N) is 1. The number of ketones is 1. The van der Waals surface area contributed by atoms with Gasteiger partial charge in [-0.15, -0.1) is 0 Å². The van der Waals surface area contributed by atoms with Crippen molar-refractivity contribution in [3.8, 4) is 0 Å². The Morgan fingerprint density at radius 3 is 1.92 bits per heavy atom. The number of imide groups is 1. The lowest BCUT2D eigenvalue weighted by Crippen LogP contribution is -2.81. The largest absolute Gasteiger partial charge is 0.347 e. The van der Waals surface area contributed by atoms with Crippen molar-refractivity contribution >= 4 is 23.4 Å². The van der Waals surface area contributed by atoms with Crippen LogP contribution in [0.5, 0.6) is 0 Å². The van der Waals surface area contributed by atoms with Gasteiger partial charge in [-0.2, -0.15) is 0 Å². The van der Waals surface area contributed by atoms with Gasteiger partial charge in [0.05, 0.1) is 17.0 Å². The zero-order valence-electron chi connectivity index (χ0n) is 15.9. The standard InChI is InChI=1S/C19H28N4O3/c1-4-6-18-8-22-10-19(7-5-2,16(18)25)11-23(9-18)15(22)13-12(3)20-17(26)21-14(13)24/h13,15H,4-11H2,1-3H3,(H,21,24,26). The Hall–Kier alpha value is -1.60. The van der Waals surface area contributed by atoms with E-state index < -0.39 is 11.9 Å². The van der Waals surface area contributed by atoms with Crippen LogP contribution in [0.4, 0.5) is 4.79 Å². The molecule has 5 rings (SSSR count). The van der Waals surface area contributed by atoms with E-state index >= 15 is 0 Å². The fraction of sp³-hybridized carbons (Fsp3) is 0.789. The molecule has 4 bridgehead atoms. The number of carbonyl (C=O) groups is 3. The summed E-state index contributed by atoms with van der Waals surface area (Å²) in [5.74, 6) is -0.256. The molecule has 0 aromatic rings. The van der Waals surface area contributed by atoms with E-state index in [1.807, 2.05) is 0 Å². The minimum atomic E-state index is -0.572. The maximum Gasteiger partial charge on any atom is 0.347 e. The van der Waals surface area contributed by atoms with E-state index in [-0.39, 0.29) is 22.9 Å². The first kappa shape index (κ1) is 17.8. The lowest BCUT2D eigenvalue weighted by atomic mass is 9.57. The minimum Gasteiger partial charge on any atom is -0.298 e. The quantitative estimate of drug-likeness (QED) is 0.802. The molecule has 0 spiro atoms. The third kappa shape index (κ3) is 2.33. The van der Waals surface area contributed by atoms with Gasteiger partial charge in [-0.25, -0.2) is 9.79 Å². The van der Waals surface area contributed by atoms with Crippen molar-refractivity contribution in [2.24, 2.45) is 21.7 Å². The molecule has 1 N–H and O–H groups in total. The summed E-state index contributed by atoms with van der Waals surface area (Å²) in [6.07, 6.45) is 3.67. The second kappa shape index (κ2) is 5.96. The summed E-state index contributed by atoms with van der Waals surface area (Å²) in [6, 6.07) is -0.572. The molecule has 0 saturated carbocycles. The molecule has 1 atom stereocenters. The van der Waals surface area contributed by atoms with Gasteiger partial charge in [0.1, 0.15) is 11.7 Å². The predicted octanol–water partition coefficient (Wildman–Crippen LogP) is 1.43. The highest BCUT2D eigenvalue weighted by molar-refractivity contribution is 6.16. The summed E-state index contributed by atoms with van der Waals surface area (Å²) in [5, 5.41) is 2.36. The van der Waals surface area contributed by atoms with E-state index in [1.54, 1.807) is 6.92 Å². The van der Waals surface area contributed by atoms with Gasteiger partial charge in [0.2, 0.25) is 5.91 Å². The zero-order chi connectivity index (χ0) is 18.7. The van der Waals surface area contributed by atoms with Crippen LogP contribution < -0.4 is 5.32 Å². The first-order valence-corrected chi connectivity index (χ1v) is 9.79. The Balaban J connectivity index is 1.72. The molecule has 26 heavy (non-hydrogen) atoms. The highest BCUT2D eigenvalue weighted by Crippen LogP contribution is 2.53. The number of nitrogens with zero attached hydrogens (tertiary/aromatic N) is 3. The Bertz CT molecular complexity index is 657. The van der Waals surface area contributed by atoms with E-state index in [2.05, 4.69) is 34.0 Å². The average Bonchev–Trinajstić information content (AvgIpc) is 2.53. The van der Waals surface area contributed by atoms with Crippen LogP contribution in [0.15, 0.2) is 4.99 Å². The van der Waals surface area contributed by atoms with Crippen LogP contribution in [-0.2, 0) is 9.59 Å². The smallest absolute Gasteiger partial charge is 0.298 e. The van der Waals surface area contributed by atoms with Gasteiger partial charge in [-0.1, -0.05) is 26.7 Å². The van der Waals surface area contributed by atoms with Crippen LogP contribution in [0.25, 0.3) is 0 Å². The molecule has 0 aromatic heterocycles. The normalized spacial score (nSPS) is 44.3. The van der Waals surface area contributed by atoms with Crippen LogP contribution in [-0.4, -0.2) is 65.6 Å². The Morgan fingerprint density at radius 2 is 1.50 bits per heavy atom. The molecule has 4 saturated heterocycles. The highest BCUT2D eigenvalue weighted by Gasteiger charge is 2.66. The summed E-state index contributed by atoms with van der Waals surface area (Å²) in [4.78, 5) is 46.2. The first-order valence-electron chi connectivity index (χ1n) is 9.79. The molecule has 7 nitrogen and oxygen atoms in total. The second-order valence-electron chi connectivity index (χ2n) is 8.64. The molecular weight excluding hydrogens is 332 g/mol. The Kier molecular flexibility index (Phi) is 4.08. The van der Waals surface area contributed by atoms with Crippen molar-refractivity contribution in [1.82, 2.24) is 15.1 Å².